The van der Waals surface area contributed by atoms with Gasteiger partial charge in [-0.2, -0.15) is 0 Å². The zero-order chi connectivity index (χ0) is 67.3. The Morgan fingerprint density at radius 1 is 0.297 bits per heavy atom. The third kappa shape index (κ3) is 66.5. The van der Waals surface area contributed by atoms with Gasteiger partial charge in [-0.25, -0.2) is 9.13 Å². The molecule has 5 atom stereocenters. The van der Waals surface area contributed by atoms with E-state index >= 15 is 0 Å². The van der Waals surface area contributed by atoms with Crippen LogP contribution in [0, 0.1) is 17.8 Å². The number of carbonyl (C=O) groups is 4. The van der Waals surface area contributed by atoms with E-state index in [1.807, 2.05) is 0 Å². The Hall–Kier alpha value is -1.94. The molecule has 2 unspecified atom stereocenters. The van der Waals surface area contributed by atoms with Gasteiger partial charge in [-0.3, -0.25) is 37.3 Å². The summed E-state index contributed by atoms with van der Waals surface area (Å²) >= 11 is 0. The summed E-state index contributed by atoms with van der Waals surface area (Å²) in [5, 5.41) is 10.6. The first-order valence-electron chi connectivity index (χ1n) is 37.3. The molecule has 0 bridgehead atoms. The zero-order valence-electron chi connectivity index (χ0n) is 59.3. The highest BCUT2D eigenvalue weighted by Gasteiger charge is 2.30. The average Bonchev–Trinajstić information content (AvgIpc) is 3.22. The summed E-state index contributed by atoms with van der Waals surface area (Å²) in [7, 11) is -9.90. The Morgan fingerprint density at radius 3 is 0.747 bits per heavy atom. The standard InChI is InChI=1S/C72H140O17P2/c1-8-9-10-11-12-13-14-22-25-32-39-46-53-69(74)82-59-67(88-71(76)55-48-41-33-26-23-20-18-16-15-17-19-21-24-29-36-43-50-63(2)3)61-86-90(78,79)84-57-66(73)58-85-91(80,81)87-62-68(89-72(77)56-49-42-35-28-31-38-45-52-65(6)7)60-83-70(75)54-47-40-34-27-30-37-44-51-64(4)5/h63-68,73H,8-62H2,1-7H3,(H,78,79)(H,80,81)/t66-,67-,68-/m1/s1. The van der Waals surface area contributed by atoms with Gasteiger partial charge in [0, 0.05) is 25.7 Å². The summed E-state index contributed by atoms with van der Waals surface area (Å²) in [5.41, 5.74) is 0. The summed E-state index contributed by atoms with van der Waals surface area (Å²) in [6.07, 6.45) is 47.4. The number of rotatable bonds is 70. The van der Waals surface area contributed by atoms with Crippen molar-refractivity contribution in [2.24, 2.45) is 17.8 Å². The fourth-order valence-corrected chi connectivity index (χ4v) is 12.5. The number of hydrogen-bond acceptors (Lipinski definition) is 15. The Morgan fingerprint density at radius 2 is 0.505 bits per heavy atom. The van der Waals surface area contributed by atoms with Gasteiger partial charge in [0.05, 0.1) is 26.4 Å². The number of esters is 4. The molecule has 0 saturated carbocycles. The molecule has 91 heavy (non-hydrogen) atoms. The number of ether oxygens (including phenoxy) is 4. The number of phosphoric ester groups is 2. The number of aliphatic hydroxyl groups excluding tert-OH is 1. The molecule has 3 N–H and O–H groups in total. The van der Waals surface area contributed by atoms with Crippen LogP contribution < -0.4 is 0 Å². The van der Waals surface area contributed by atoms with E-state index in [-0.39, 0.29) is 25.7 Å². The minimum Gasteiger partial charge on any atom is -0.462 e. The number of unbranched alkanes of at least 4 members (excludes halogenated alkanes) is 38. The maximum absolute atomic E-state index is 13.0. The molecule has 0 aliphatic rings. The maximum Gasteiger partial charge on any atom is 0.472 e. The van der Waals surface area contributed by atoms with Crippen molar-refractivity contribution in [3.63, 3.8) is 0 Å². The van der Waals surface area contributed by atoms with Crippen LogP contribution in [0.15, 0.2) is 0 Å². The smallest absolute Gasteiger partial charge is 0.462 e. The summed E-state index contributed by atoms with van der Waals surface area (Å²) in [6, 6.07) is 0. The van der Waals surface area contributed by atoms with Gasteiger partial charge in [-0.1, -0.05) is 312 Å². The first-order chi connectivity index (χ1) is 43.7. The largest absolute Gasteiger partial charge is 0.472 e. The van der Waals surface area contributed by atoms with Crippen LogP contribution in [0.3, 0.4) is 0 Å². The molecule has 0 saturated heterocycles. The van der Waals surface area contributed by atoms with Crippen LogP contribution in [-0.4, -0.2) is 96.7 Å². The Labute approximate surface area is 556 Å². The fraction of sp³-hybridized carbons (Fsp3) is 0.944. The van der Waals surface area contributed by atoms with E-state index in [4.69, 9.17) is 37.0 Å². The highest BCUT2D eigenvalue weighted by atomic mass is 31.2. The molecule has 0 aromatic heterocycles. The summed E-state index contributed by atoms with van der Waals surface area (Å²) in [4.78, 5) is 72.6. The van der Waals surface area contributed by atoms with Crippen molar-refractivity contribution in [3.8, 4) is 0 Å². The van der Waals surface area contributed by atoms with Crippen LogP contribution in [0.4, 0.5) is 0 Å². The van der Waals surface area contributed by atoms with Crippen molar-refractivity contribution in [3.05, 3.63) is 0 Å². The van der Waals surface area contributed by atoms with E-state index in [2.05, 4.69) is 48.5 Å². The fourth-order valence-electron chi connectivity index (χ4n) is 10.9. The Bertz CT molecular complexity index is 1780. The van der Waals surface area contributed by atoms with Crippen molar-refractivity contribution in [2.75, 3.05) is 39.6 Å². The third-order valence-corrected chi connectivity index (χ3v) is 18.5. The molecule has 0 rings (SSSR count). The topological polar surface area (TPSA) is 237 Å². The predicted octanol–water partition coefficient (Wildman–Crippen LogP) is 20.6. The van der Waals surface area contributed by atoms with E-state index < -0.39 is 97.5 Å². The van der Waals surface area contributed by atoms with Gasteiger partial charge in [-0.05, 0) is 43.4 Å². The summed E-state index contributed by atoms with van der Waals surface area (Å²) < 4.78 is 68.3. The highest BCUT2D eigenvalue weighted by molar-refractivity contribution is 7.47. The van der Waals surface area contributed by atoms with Gasteiger partial charge in [0.15, 0.2) is 12.2 Å². The number of carbonyl (C=O) groups excluding carboxylic acids is 4. The number of aliphatic hydroxyl groups is 1. The molecule has 0 fully saturated rings. The Balaban J connectivity index is 5.21. The first-order valence-corrected chi connectivity index (χ1v) is 40.3. The van der Waals surface area contributed by atoms with E-state index in [0.29, 0.717) is 37.5 Å². The molecule has 19 heteroatoms. The van der Waals surface area contributed by atoms with Crippen molar-refractivity contribution in [1.29, 1.82) is 0 Å². The van der Waals surface area contributed by atoms with Crippen molar-refractivity contribution >= 4 is 39.5 Å². The molecule has 17 nitrogen and oxygen atoms in total. The third-order valence-electron chi connectivity index (χ3n) is 16.6. The molecule has 0 aliphatic carbocycles. The van der Waals surface area contributed by atoms with E-state index in [9.17, 15) is 43.2 Å². The number of hydrogen-bond donors (Lipinski definition) is 3. The second-order valence-corrected chi connectivity index (χ2v) is 30.3. The lowest BCUT2D eigenvalue weighted by atomic mass is 10.0. The molecule has 0 amide bonds. The van der Waals surface area contributed by atoms with Gasteiger partial charge < -0.3 is 33.8 Å². The number of phosphoric acid groups is 2. The zero-order valence-corrected chi connectivity index (χ0v) is 61.1. The van der Waals surface area contributed by atoms with Gasteiger partial charge >= 0.3 is 39.5 Å². The highest BCUT2D eigenvalue weighted by Crippen LogP contribution is 2.45. The molecular formula is C72H140O17P2. The molecule has 540 valence electrons. The van der Waals surface area contributed by atoms with Gasteiger partial charge in [0.25, 0.3) is 0 Å². The molecule has 0 radical (unpaired) electrons. The SMILES string of the molecule is CCCCCCCCCCCCCCC(=O)OC[C@H](COP(=O)(O)OC[C@@H](O)COP(=O)(O)OC[C@@H](COC(=O)CCCCCCCCCC(C)C)OC(=O)CCCCCCCCCC(C)C)OC(=O)CCCCCCCCCCCCCCCCCCC(C)C. The molecule has 0 heterocycles. The minimum atomic E-state index is -4.95. The van der Waals surface area contributed by atoms with Crippen LogP contribution in [0.25, 0.3) is 0 Å². The van der Waals surface area contributed by atoms with Crippen LogP contribution in [0.1, 0.15) is 363 Å². The van der Waals surface area contributed by atoms with E-state index in [1.54, 1.807) is 0 Å². The minimum absolute atomic E-state index is 0.103. The van der Waals surface area contributed by atoms with Crippen LogP contribution >= 0.6 is 15.6 Å². The lowest BCUT2D eigenvalue weighted by Crippen LogP contribution is -2.30. The van der Waals surface area contributed by atoms with Crippen LogP contribution in [0.2, 0.25) is 0 Å². The lowest BCUT2D eigenvalue weighted by Gasteiger charge is -2.21. The summed E-state index contributed by atoms with van der Waals surface area (Å²) in [6.45, 7) is 11.8. The lowest BCUT2D eigenvalue weighted by molar-refractivity contribution is -0.161. The van der Waals surface area contributed by atoms with E-state index in [1.165, 1.54) is 167 Å². The molecular weight excluding hydrogens is 1200 g/mol. The average molecular weight is 1340 g/mol. The van der Waals surface area contributed by atoms with Crippen LogP contribution in [-0.2, 0) is 65.4 Å². The second kappa shape index (κ2) is 62.8. The van der Waals surface area contributed by atoms with Gasteiger partial charge in [-0.15, -0.1) is 0 Å². The normalized spacial score (nSPS) is 14.2. The van der Waals surface area contributed by atoms with Crippen molar-refractivity contribution < 1.29 is 80.2 Å². The molecule has 0 aromatic carbocycles. The monoisotopic (exact) mass is 1340 g/mol. The maximum atomic E-state index is 13.0. The molecule has 0 spiro atoms. The van der Waals surface area contributed by atoms with Gasteiger partial charge in [0.2, 0.25) is 0 Å². The van der Waals surface area contributed by atoms with Crippen molar-refractivity contribution in [2.45, 2.75) is 381 Å². The first kappa shape index (κ1) is 89.1. The second-order valence-electron chi connectivity index (χ2n) is 27.4. The molecule has 0 aliphatic heterocycles. The van der Waals surface area contributed by atoms with Gasteiger partial charge in [0.1, 0.15) is 19.3 Å². The molecule has 0 aromatic rings. The predicted molar refractivity (Wildman–Crippen MR) is 368 cm³/mol. The summed E-state index contributed by atoms with van der Waals surface area (Å²) in [5.74, 6) is 0.0839. The quantitative estimate of drug-likeness (QED) is 0.0222. The van der Waals surface area contributed by atoms with E-state index in [0.717, 1.165) is 102 Å². The Kier molecular flexibility index (Phi) is 61.5. The van der Waals surface area contributed by atoms with Crippen molar-refractivity contribution in [1.82, 2.24) is 0 Å². The van der Waals surface area contributed by atoms with Crippen LogP contribution in [0.5, 0.6) is 0 Å².